The van der Waals surface area contributed by atoms with Gasteiger partial charge in [-0.05, 0) is 84.3 Å². The molecule has 0 spiro atoms. The van der Waals surface area contributed by atoms with E-state index in [0.29, 0.717) is 22.9 Å². The van der Waals surface area contributed by atoms with Crippen molar-refractivity contribution in [3.05, 3.63) is 99.0 Å². The number of fused-ring (bicyclic) bond motifs is 1. The molecule has 45 heavy (non-hydrogen) atoms. The maximum Gasteiger partial charge on any atom is 0.303 e. The number of nitrogens with zero attached hydrogens (tertiary/aromatic N) is 1. The first kappa shape index (κ1) is 32.6. The normalized spacial score (nSPS) is 13.6. The van der Waals surface area contributed by atoms with E-state index in [1.807, 2.05) is 18.2 Å². The van der Waals surface area contributed by atoms with Gasteiger partial charge in [0, 0.05) is 69.0 Å². The van der Waals surface area contributed by atoms with Crippen molar-refractivity contribution in [1.29, 1.82) is 0 Å². The van der Waals surface area contributed by atoms with E-state index in [1.54, 1.807) is 18.5 Å². The van der Waals surface area contributed by atoms with Crippen LogP contribution in [0.4, 0.5) is 8.78 Å². The molecule has 0 saturated heterocycles. The molecular weight excluding hydrogens is 693 g/mol. The average Bonchev–Trinajstić information content (AvgIpc) is 3.70. The summed E-state index contributed by atoms with van der Waals surface area (Å²) in [5.74, 6) is -1.56. The van der Waals surface area contributed by atoms with Crippen LogP contribution in [-0.2, 0) is 16.6 Å². The lowest BCUT2D eigenvalue weighted by Crippen LogP contribution is -2.24. The number of aliphatic carboxylic acids is 1. The maximum atomic E-state index is 15.3. The van der Waals surface area contributed by atoms with Crippen LogP contribution in [0.5, 0.6) is 11.5 Å². The van der Waals surface area contributed by atoms with Crippen molar-refractivity contribution < 1.29 is 28.5 Å². The van der Waals surface area contributed by atoms with Gasteiger partial charge in [0.25, 0.3) is 0 Å². The Hall–Kier alpha value is -3.81. The number of rotatable bonds is 14. The summed E-state index contributed by atoms with van der Waals surface area (Å²) in [6.07, 6.45) is 5.53. The molecule has 6 N–H and O–H groups in total. The number of aromatic amines is 2. The SMILES string of the molecule is CC(CCCCCC(=O)O)(c1cccc(I)c1)c1cnc(-c2cc(Oc3c(F)cc4[nH]ccc4c3CC(O)CN)ccc2F)[nH]1. The Morgan fingerprint density at radius 3 is 2.69 bits per heavy atom. The van der Waals surface area contributed by atoms with Crippen molar-refractivity contribution >= 4 is 39.5 Å². The van der Waals surface area contributed by atoms with Crippen LogP contribution in [0.2, 0.25) is 0 Å². The molecule has 0 radical (unpaired) electrons. The number of hydrogen-bond donors (Lipinski definition) is 5. The molecule has 8 nitrogen and oxygen atoms in total. The minimum atomic E-state index is -0.906. The van der Waals surface area contributed by atoms with Gasteiger partial charge in [0.1, 0.15) is 17.4 Å². The number of carbonyl (C=O) groups is 1. The Balaban J connectivity index is 1.47. The van der Waals surface area contributed by atoms with Gasteiger partial charge in [-0.1, -0.05) is 25.0 Å². The summed E-state index contributed by atoms with van der Waals surface area (Å²) in [5.41, 5.74) is 8.13. The fourth-order valence-electron chi connectivity index (χ4n) is 5.66. The minimum absolute atomic E-state index is 0.00716. The lowest BCUT2D eigenvalue weighted by Gasteiger charge is -2.29. The summed E-state index contributed by atoms with van der Waals surface area (Å²) in [6, 6.07) is 15.4. The fourth-order valence-corrected chi connectivity index (χ4v) is 6.20. The van der Waals surface area contributed by atoms with Crippen molar-refractivity contribution in [3.8, 4) is 22.9 Å². The van der Waals surface area contributed by atoms with Crippen LogP contribution in [0.3, 0.4) is 0 Å². The second-order valence-corrected chi connectivity index (χ2v) is 12.6. The number of H-pyrrole nitrogens is 2. The van der Waals surface area contributed by atoms with Crippen molar-refractivity contribution in [2.75, 3.05) is 6.54 Å². The number of hydrogen-bond acceptors (Lipinski definition) is 5. The van der Waals surface area contributed by atoms with E-state index in [4.69, 9.17) is 15.6 Å². The highest BCUT2D eigenvalue weighted by Gasteiger charge is 2.31. The molecule has 11 heteroatoms. The Morgan fingerprint density at radius 2 is 1.93 bits per heavy atom. The second kappa shape index (κ2) is 14.1. The van der Waals surface area contributed by atoms with Crippen molar-refractivity contribution in [2.45, 2.75) is 57.0 Å². The number of unbranched alkanes of at least 4 members (excludes halogenated alkanes) is 2. The summed E-state index contributed by atoms with van der Waals surface area (Å²) < 4.78 is 37.7. The van der Waals surface area contributed by atoms with E-state index in [2.05, 4.69) is 50.5 Å². The number of imidazole rings is 1. The topological polar surface area (TPSA) is 137 Å². The first-order valence-electron chi connectivity index (χ1n) is 14.8. The summed E-state index contributed by atoms with van der Waals surface area (Å²) in [7, 11) is 0. The fraction of sp³-hybridized carbons (Fsp3) is 0.294. The first-order valence-corrected chi connectivity index (χ1v) is 15.8. The number of aliphatic hydroxyl groups is 1. The van der Waals surface area contributed by atoms with Crippen molar-refractivity contribution in [1.82, 2.24) is 15.0 Å². The molecule has 3 aromatic carbocycles. The van der Waals surface area contributed by atoms with E-state index in [-0.39, 0.29) is 42.3 Å². The van der Waals surface area contributed by atoms with E-state index in [0.717, 1.165) is 34.1 Å². The van der Waals surface area contributed by atoms with Gasteiger partial charge in [0.05, 0.1) is 11.7 Å². The smallest absolute Gasteiger partial charge is 0.303 e. The van der Waals surface area contributed by atoms with Crippen LogP contribution < -0.4 is 10.5 Å². The van der Waals surface area contributed by atoms with E-state index in [9.17, 15) is 9.90 Å². The first-order chi connectivity index (χ1) is 21.6. The van der Waals surface area contributed by atoms with Gasteiger partial charge >= 0.3 is 5.97 Å². The molecule has 0 saturated carbocycles. The van der Waals surface area contributed by atoms with Crippen LogP contribution in [0.1, 0.15) is 55.8 Å². The van der Waals surface area contributed by atoms with Crippen LogP contribution in [0.25, 0.3) is 22.3 Å². The molecule has 2 unspecified atom stereocenters. The lowest BCUT2D eigenvalue weighted by atomic mass is 9.75. The Labute approximate surface area is 273 Å². The minimum Gasteiger partial charge on any atom is -0.481 e. The molecular formula is C34H35F2IN4O4. The third-order valence-corrected chi connectivity index (χ3v) is 8.86. The molecule has 0 amide bonds. The maximum absolute atomic E-state index is 15.3. The van der Waals surface area contributed by atoms with Crippen molar-refractivity contribution in [3.63, 3.8) is 0 Å². The van der Waals surface area contributed by atoms with Crippen LogP contribution >= 0.6 is 22.6 Å². The standard InChI is InChI=1S/C34H35F2IN4O4/c1-34(12-4-2-3-8-31(43)44,20-6-5-7-21(37)14-20)30-19-40-33(41-30)26-16-23(9-10-27(26)35)45-32-25(15-22(42)18-38)24-11-13-39-29(24)17-28(32)36/h5-7,9-11,13-14,16-17,19,22,39,42H,2-4,8,12,15,18,38H2,1H3,(H,40,41)(H,43,44). The van der Waals surface area contributed by atoms with Crippen LogP contribution in [0, 0.1) is 15.2 Å². The van der Waals surface area contributed by atoms with Gasteiger partial charge < -0.3 is 30.7 Å². The number of ether oxygens (including phenoxy) is 1. The van der Waals surface area contributed by atoms with Gasteiger partial charge in [-0.25, -0.2) is 13.8 Å². The Morgan fingerprint density at radius 1 is 1.11 bits per heavy atom. The zero-order valence-electron chi connectivity index (χ0n) is 24.7. The quantitative estimate of drug-likeness (QED) is 0.0596. The number of nitrogens with two attached hydrogens (primary N) is 1. The summed E-state index contributed by atoms with van der Waals surface area (Å²) in [4.78, 5) is 21.8. The third-order valence-electron chi connectivity index (χ3n) is 8.19. The number of nitrogens with one attached hydrogen (secondary N) is 2. The number of carboxylic acids is 1. The molecule has 5 rings (SSSR count). The molecule has 0 aliphatic carbocycles. The van der Waals surface area contributed by atoms with E-state index >= 15 is 8.78 Å². The monoisotopic (exact) mass is 728 g/mol. The lowest BCUT2D eigenvalue weighted by molar-refractivity contribution is -0.137. The molecule has 0 aliphatic heterocycles. The second-order valence-electron chi connectivity index (χ2n) is 11.4. The number of carboxylic acid groups (broad SMARTS) is 1. The zero-order chi connectivity index (χ0) is 32.1. The summed E-state index contributed by atoms with van der Waals surface area (Å²) in [5, 5.41) is 20.0. The van der Waals surface area contributed by atoms with Crippen LogP contribution in [-0.4, -0.2) is 43.8 Å². The highest BCUT2D eigenvalue weighted by molar-refractivity contribution is 14.1. The van der Waals surface area contributed by atoms with E-state index in [1.165, 1.54) is 24.3 Å². The largest absolute Gasteiger partial charge is 0.481 e. The predicted molar refractivity (Wildman–Crippen MR) is 177 cm³/mol. The highest BCUT2D eigenvalue weighted by atomic mass is 127. The van der Waals surface area contributed by atoms with Gasteiger partial charge in [-0.3, -0.25) is 4.79 Å². The molecule has 2 atom stereocenters. The van der Waals surface area contributed by atoms with Crippen molar-refractivity contribution in [2.24, 2.45) is 5.73 Å². The van der Waals surface area contributed by atoms with Gasteiger partial charge in [0.2, 0.25) is 0 Å². The summed E-state index contributed by atoms with van der Waals surface area (Å²) >= 11 is 2.27. The molecule has 0 fully saturated rings. The Bertz CT molecular complexity index is 1810. The Kier molecular flexibility index (Phi) is 10.2. The molecule has 0 bridgehead atoms. The molecule has 0 aliphatic rings. The summed E-state index contributed by atoms with van der Waals surface area (Å²) in [6.45, 7) is 2.09. The average molecular weight is 729 g/mol. The highest BCUT2D eigenvalue weighted by Crippen LogP contribution is 2.39. The number of benzene rings is 3. The molecule has 2 heterocycles. The number of aliphatic hydroxyl groups excluding tert-OH is 1. The number of aromatic nitrogens is 3. The van der Waals surface area contributed by atoms with Gasteiger partial charge in [0.15, 0.2) is 11.6 Å². The van der Waals surface area contributed by atoms with Crippen LogP contribution in [0.15, 0.2) is 67.0 Å². The van der Waals surface area contributed by atoms with Gasteiger partial charge in [-0.15, -0.1) is 0 Å². The van der Waals surface area contributed by atoms with Gasteiger partial charge in [-0.2, -0.15) is 0 Å². The molecule has 5 aromatic rings. The molecule has 2 aromatic heterocycles. The third kappa shape index (κ3) is 7.37. The number of halogens is 3. The zero-order valence-corrected chi connectivity index (χ0v) is 26.9. The molecule has 236 valence electrons. The van der Waals surface area contributed by atoms with E-state index < -0.39 is 29.1 Å². The predicted octanol–water partition coefficient (Wildman–Crippen LogP) is 7.44.